The minimum atomic E-state index is -3.68. The summed E-state index contributed by atoms with van der Waals surface area (Å²) in [5, 5.41) is 0. The highest BCUT2D eigenvalue weighted by Gasteiger charge is 2.42. The highest BCUT2D eigenvalue weighted by atomic mass is 32.2. The van der Waals surface area contributed by atoms with Gasteiger partial charge in [0.15, 0.2) is 0 Å². The lowest BCUT2D eigenvalue weighted by atomic mass is 10.2. The fourth-order valence-electron chi connectivity index (χ4n) is 1.89. The normalized spacial score (nSPS) is 22.4. The van der Waals surface area contributed by atoms with Crippen molar-refractivity contribution in [3.8, 4) is 0 Å². The van der Waals surface area contributed by atoms with E-state index >= 15 is 0 Å². The molecule has 1 aliphatic heterocycles. The molecule has 1 aliphatic rings. The van der Waals surface area contributed by atoms with E-state index in [2.05, 4.69) is 11.3 Å². The molecule has 0 unspecified atom stereocenters. The lowest BCUT2D eigenvalue weighted by Crippen LogP contribution is -2.41. The van der Waals surface area contributed by atoms with Gasteiger partial charge in [0, 0.05) is 6.42 Å². The zero-order valence-corrected chi connectivity index (χ0v) is 12.1. The predicted molar refractivity (Wildman–Crippen MR) is 68.4 cm³/mol. The summed E-state index contributed by atoms with van der Waals surface area (Å²) < 4.78 is 36.4. The highest BCUT2D eigenvalue weighted by Crippen LogP contribution is 2.23. The number of esters is 1. The highest BCUT2D eigenvalue weighted by molar-refractivity contribution is 7.86. The van der Waals surface area contributed by atoms with Crippen molar-refractivity contribution >= 4 is 22.2 Å². The molecule has 1 rings (SSSR count). The van der Waals surface area contributed by atoms with Gasteiger partial charge in [-0.2, -0.15) is 8.42 Å². The van der Waals surface area contributed by atoms with Crippen molar-refractivity contribution in [3.63, 3.8) is 0 Å². The summed E-state index contributed by atoms with van der Waals surface area (Å²) >= 11 is 0. The van der Waals surface area contributed by atoms with E-state index in [4.69, 9.17) is 8.92 Å². The molecule has 0 radical (unpaired) electrons. The molecule has 9 heteroatoms. The zero-order valence-electron chi connectivity index (χ0n) is 11.3. The summed E-state index contributed by atoms with van der Waals surface area (Å²) in [6.45, 7) is 3.32. The van der Waals surface area contributed by atoms with Crippen molar-refractivity contribution in [1.29, 1.82) is 0 Å². The number of hydrogen-bond acceptors (Lipinski definition) is 7. The van der Waals surface area contributed by atoms with Crippen LogP contribution in [0.25, 0.3) is 0 Å². The third kappa shape index (κ3) is 4.49. The van der Waals surface area contributed by atoms with Crippen LogP contribution >= 0.6 is 0 Å². The first-order valence-electron chi connectivity index (χ1n) is 5.79. The van der Waals surface area contributed by atoms with Crippen LogP contribution in [0, 0.1) is 0 Å². The number of hydrogen-bond donors (Lipinski definition) is 0. The number of likely N-dealkylation sites (tertiary alicyclic amines) is 1. The predicted octanol–water partition coefficient (Wildman–Crippen LogP) is -0.0989. The summed E-state index contributed by atoms with van der Waals surface area (Å²) in [4.78, 5) is 24.5. The second-order valence-corrected chi connectivity index (χ2v) is 5.82. The second kappa shape index (κ2) is 6.71. The van der Waals surface area contributed by atoms with Crippen LogP contribution in [0.4, 0.5) is 4.79 Å². The Bertz CT molecular complexity index is 487. The van der Waals surface area contributed by atoms with Crippen molar-refractivity contribution in [2.45, 2.75) is 18.6 Å². The first kappa shape index (κ1) is 16.4. The molecule has 0 saturated carbocycles. The van der Waals surface area contributed by atoms with Crippen molar-refractivity contribution in [2.24, 2.45) is 0 Å². The zero-order chi connectivity index (χ0) is 15.3. The average molecular weight is 307 g/mol. The monoisotopic (exact) mass is 307 g/mol. The third-order valence-corrected chi connectivity index (χ3v) is 3.23. The Morgan fingerprint density at radius 2 is 2.10 bits per heavy atom. The minimum Gasteiger partial charge on any atom is -0.467 e. The van der Waals surface area contributed by atoms with Crippen LogP contribution in [0.5, 0.6) is 0 Å². The van der Waals surface area contributed by atoms with Gasteiger partial charge in [-0.1, -0.05) is 12.7 Å². The van der Waals surface area contributed by atoms with Gasteiger partial charge in [-0.3, -0.25) is 9.08 Å². The van der Waals surface area contributed by atoms with Gasteiger partial charge in [0.25, 0.3) is 10.1 Å². The molecule has 1 fully saturated rings. The molecule has 0 spiro atoms. The van der Waals surface area contributed by atoms with Gasteiger partial charge >= 0.3 is 12.1 Å². The largest absolute Gasteiger partial charge is 0.467 e. The molecule has 114 valence electrons. The molecule has 0 aromatic rings. The quantitative estimate of drug-likeness (QED) is 0.397. The topological polar surface area (TPSA) is 99.2 Å². The van der Waals surface area contributed by atoms with Crippen LogP contribution in [-0.2, 0) is 28.6 Å². The third-order valence-electron chi connectivity index (χ3n) is 2.61. The number of methoxy groups -OCH3 is 1. The van der Waals surface area contributed by atoms with E-state index in [1.165, 1.54) is 13.2 Å². The van der Waals surface area contributed by atoms with Gasteiger partial charge in [-0.05, 0) is 0 Å². The van der Waals surface area contributed by atoms with Crippen LogP contribution in [0.3, 0.4) is 0 Å². The van der Waals surface area contributed by atoms with Gasteiger partial charge in [0.05, 0.1) is 26.0 Å². The number of ether oxygens (including phenoxy) is 2. The molecule has 0 aliphatic carbocycles. The summed E-state index contributed by atoms with van der Waals surface area (Å²) in [6.07, 6.45) is 0.762. The van der Waals surface area contributed by atoms with Crippen molar-refractivity contribution < 1.29 is 31.7 Å². The van der Waals surface area contributed by atoms with E-state index in [-0.39, 0.29) is 19.6 Å². The number of amides is 1. The Morgan fingerprint density at radius 3 is 2.60 bits per heavy atom. The molecule has 0 bridgehead atoms. The molecule has 0 aromatic carbocycles. The van der Waals surface area contributed by atoms with Crippen LogP contribution < -0.4 is 0 Å². The Hall–Kier alpha value is -1.61. The van der Waals surface area contributed by atoms with E-state index < -0.39 is 34.3 Å². The van der Waals surface area contributed by atoms with Gasteiger partial charge in [-0.15, -0.1) is 0 Å². The van der Waals surface area contributed by atoms with E-state index in [0.717, 1.165) is 11.2 Å². The van der Waals surface area contributed by atoms with Crippen LogP contribution in [0.2, 0.25) is 0 Å². The molecular formula is C11H17NO7S. The van der Waals surface area contributed by atoms with Crippen LogP contribution in [0.15, 0.2) is 12.7 Å². The molecule has 0 aromatic heterocycles. The van der Waals surface area contributed by atoms with Crippen molar-refractivity contribution in [1.82, 2.24) is 4.90 Å². The fourth-order valence-corrected chi connectivity index (χ4v) is 2.52. The Labute approximate surface area is 117 Å². The summed E-state index contributed by atoms with van der Waals surface area (Å²) in [5.41, 5.74) is 0. The van der Waals surface area contributed by atoms with Gasteiger partial charge in [0.1, 0.15) is 12.6 Å². The fraction of sp³-hybridized carbons (Fsp3) is 0.636. The van der Waals surface area contributed by atoms with E-state index in [9.17, 15) is 18.0 Å². The van der Waals surface area contributed by atoms with Gasteiger partial charge < -0.3 is 9.47 Å². The first-order valence-corrected chi connectivity index (χ1v) is 7.60. The molecule has 1 saturated heterocycles. The standard InChI is InChI=1S/C11H17NO7S/c1-4-5-18-11(14)12-7-8(19-20(3,15)16)6-9(12)10(13)17-2/h4,8-9H,1,5-7H2,2-3H3/t8-,9+/m1/s1. The molecule has 1 heterocycles. The Balaban J connectivity index is 2.80. The molecule has 20 heavy (non-hydrogen) atoms. The molecule has 8 nitrogen and oxygen atoms in total. The lowest BCUT2D eigenvalue weighted by molar-refractivity contribution is -0.145. The Kier molecular flexibility index (Phi) is 5.52. The lowest BCUT2D eigenvalue weighted by Gasteiger charge is -2.21. The first-order chi connectivity index (χ1) is 9.28. The molecule has 0 N–H and O–H groups in total. The van der Waals surface area contributed by atoms with Crippen LogP contribution in [0.1, 0.15) is 6.42 Å². The summed E-state index contributed by atoms with van der Waals surface area (Å²) in [7, 11) is -2.50. The van der Waals surface area contributed by atoms with Crippen LogP contribution in [-0.4, -0.2) is 64.0 Å². The van der Waals surface area contributed by atoms with E-state index in [1.54, 1.807) is 0 Å². The number of carbonyl (C=O) groups is 2. The van der Waals surface area contributed by atoms with Crippen molar-refractivity contribution in [2.75, 3.05) is 26.5 Å². The Morgan fingerprint density at radius 1 is 1.45 bits per heavy atom. The maximum absolute atomic E-state index is 11.8. The van der Waals surface area contributed by atoms with Gasteiger partial charge in [-0.25, -0.2) is 9.59 Å². The van der Waals surface area contributed by atoms with Gasteiger partial charge in [0.2, 0.25) is 0 Å². The van der Waals surface area contributed by atoms with E-state index in [1.807, 2.05) is 0 Å². The molecule has 2 atom stereocenters. The second-order valence-electron chi connectivity index (χ2n) is 4.21. The molecular weight excluding hydrogens is 290 g/mol. The number of carbonyl (C=O) groups excluding carboxylic acids is 2. The summed E-state index contributed by atoms with van der Waals surface area (Å²) in [6, 6.07) is -0.927. The van der Waals surface area contributed by atoms with E-state index in [0.29, 0.717) is 0 Å². The summed E-state index contributed by atoms with van der Waals surface area (Å²) in [5.74, 6) is -0.653. The number of rotatable bonds is 5. The maximum atomic E-state index is 11.8. The maximum Gasteiger partial charge on any atom is 0.410 e. The SMILES string of the molecule is C=CCOC(=O)N1C[C@H](OS(C)(=O)=O)C[C@H]1C(=O)OC. The average Bonchev–Trinajstić information content (AvgIpc) is 2.76. The van der Waals surface area contributed by atoms with Crippen molar-refractivity contribution in [3.05, 3.63) is 12.7 Å². The number of nitrogens with zero attached hydrogens (tertiary/aromatic N) is 1. The molecule has 1 amide bonds. The smallest absolute Gasteiger partial charge is 0.410 e. The minimum absolute atomic E-state index is 0.0131.